The van der Waals surface area contributed by atoms with Gasteiger partial charge >= 0.3 is 5.97 Å². The lowest BCUT2D eigenvalue weighted by atomic mass is 10.2. The molecule has 0 aliphatic rings. The summed E-state index contributed by atoms with van der Waals surface area (Å²) in [5.74, 6) is -0.132. The van der Waals surface area contributed by atoms with E-state index in [1.165, 1.54) is 23.0 Å². The van der Waals surface area contributed by atoms with Gasteiger partial charge in [-0.15, -0.1) is 0 Å². The molecule has 0 spiro atoms. The van der Waals surface area contributed by atoms with E-state index in [9.17, 15) is 9.59 Å². The minimum Gasteiger partial charge on any atom is -0.456 e. The van der Waals surface area contributed by atoms with Crippen LogP contribution < -0.4 is 5.56 Å². The number of pyridine rings is 1. The molecule has 0 aliphatic heterocycles. The summed E-state index contributed by atoms with van der Waals surface area (Å²) in [4.78, 5) is 27.1. The van der Waals surface area contributed by atoms with Gasteiger partial charge in [-0.05, 0) is 32.9 Å². The minimum absolute atomic E-state index is 0.0197. The molecule has 0 radical (unpaired) electrons. The third-order valence-electron chi connectivity index (χ3n) is 2.31. The fraction of sp³-hybridized carbons (Fsp3) is 0.308. The monoisotopic (exact) mass is 295 g/mol. The van der Waals surface area contributed by atoms with Crippen LogP contribution >= 0.6 is 11.6 Å². The molecule has 6 nitrogen and oxygen atoms in total. The van der Waals surface area contributed by atoms with Crippen molar-refractivity contribution in [2.45, 2.75) is 26.4 Å². The van der Waals surface area contributed by atoms with Crippen LogP contribution in [0.25, 0.3) is 5.82 Å². The van der Waals surface area contributed by atoms with Crippen LogP contribution in [-0.4, -0.2) is 26.3 Å². The van der Waals surface area contributed by atoms with E-state index in [0.29, 0.717) is 5.82 Å². The number of H-pyrrole nitrogens is 1. The average Bonchev–Trinajstić information content (AvgIpc) is 2.73. The molecule has 0 aliphatic carbocycles. The standard InChI is InChI=1S/C13H14ClN3O3/c1-13(2,3)20-12(19)8-4-5-9(15-11(8)14)17-7-6-10(18)16-17/h4-7H,1-3H3,(H,16,18). The number of ether oxygens (including phenoxy) is 1. The number of nitrogens with one attached hydrogen (secondary N) is 1. The average molecular weight is 296 g/mol. The largest absolute Gasteiger partial charge is 0.456 e. The van der Waals surface area contributed by atoms with Crippen molar-refractivity contribution in [3.05, 3.63) is 45.5 Å². The van der Waals surface area contributed by atoms with Crippen LogP contribution in [-0.2, 0) is 4.74 Å². The Balaban J connectivity index is 2.31. The molecule has 0 bridgehead atoms. The van der Waals surface area contributed by atoms with E-state index < -0.39 is 11.6 Å². The molecule has 0 saturated carbocycles. The number of aromatic amines is 1. The fourth-order valence-electron chi connectivity index (χ4n) is 1.51. The van der Waals surface area contributed by atoms with Gasteiger partial charge in [0.05, 0.1) is 5.56 Å². The highest BCUT2D eigenvalue weighted by Crippen LogP contribution is 2.19. The maximum atomic E-state index is 11.9. The second-order valence-corrected chi connectivity index (χ2v) is 5.53. The van der Waals surface area contributed by atoms with Gasteiger partial charge in [0.2, 0.25) is 0 Å². The zero-order chi connectivity index (χ0) is 14.9. The summed E-state index contributed by atoms with van der Waals surface area (Å²) in [5, 5.41) is 2.55. The van der Waals surface area contributed by atoms with Gasteiger partial charge in [-0.3, -0.25) is 9.89 Å². The molecule has 0 fully saturated rings. The molecule has 1 N–H and O–H groups in total. The molecule has 2 rings (SSSR count). The SMILES string of the molecule is CC(C)(C)OC(=O)c1ccc(-n2ccc(=O)[nH]2)nc1Cl. The number of nitrogens with zero attached hydrogens (tertiary/aromatic N) is 2. The van der Waals surface area contributed by atoms with E-state index in [1.807, 2.05) is 0 Å². The molecule has 20 heavy (non-hydrogen) atoms. The van der Waals surface area contributed by atoms with Crippen molar-refractivity contribution in [3.8, 4) is 5.82 Å². The van der Waals surface area contributed by atoms with Crippen molar-refractivity contribution in [2.75, 3.05) is 0 Å². The third kappa shape index (κ3) is 3.27. The van der Waals surface area contributed by atoms with Crippen LogP contribution in [0.4, 0.5) is 0 Å². The molecule has 2 aromatic rings. The summed E-state index contributed by atoms with van der Waals surface area (Å²) in [5.41, 5.74) is -0.677. The van der Waals surface area contributed by atoms with Gasteiger partial charge in [0.1, 0.15) is 10.8 Å². The predicted octanol–water partition coefficient (Wildman–Crippen LogP) is 2.17. The van der Waals surface area contributed by atoms with Crippen molar-refractivity contribution in [3.63, 3.8) is 0 Å². The lowest BCUT2D eigenvalue weighted by Gasteiger charge is -2.19. The summed E-state index contributed by atoms with van der Waals surface area (Å²) in [6.07, 6.45) is 1.52. The number of esters is 1. The van der Waals surface area contributed by atoms with E-state index in [0.717, 1.165) is 0 Å². The Labute approximate surface area is 120 Å². The van der Waals surface area contributed by atoms with Crippen LogP contribution in [0.3, 0.4) is 0 Å². The highest BCUT2D eigenvalue weighted by molar-refractivity contribution is 6.32. The van der Waals surface area contributed by atoms with Crippen LogP contribution in [0, 0.1) is 0 Å². The van der Waals surface area contributed by atoms with Gasteiger partial charge in [-0.25, -0.2) is 14.5 Å². The minimum atomic E-state index is -0.606. The lowest BCUT2D eigenvalue weighted by Crippen LogP contribution is -2.24. The van der Waals surface area contributed by atoms with Crippen LogP contribution in [0.1, 0.15) is 31.1 Å². The number of rotatable bonds is 2. The Morgan fingerprint density at radius 1 is 1.35 bits per heavy atom. The van der Waals surface area contributed by atoms with Gasteiger partial charge in [-0.1, -0.05) is 11.6 Å². The predicted molar refractivity (Wildman–Crippen MR) is 74.4 cm³/mol. The van der Waals surface area contributed by atoms with E-state index in [4.69, 9.17) is 16.3 Å². The van der Waals surface area contributed by atoms with E-state index in [1.54, 1.807) is 26.8 Å². The number of hydrogen-bond donors (Lipinski definition) is 1. The molecule has 0 saturated heterocycles. The smallest absolute Gasteiger partial charge is 0.341 e. The Morgan fingerprint density at radius 3 is 2.55 bits per heavy atom. The Morgan fingerprint density at radius 2 is 2.05 bits per heavy atom. The molecule has 2 heterocycles. The first-order valence-electron chi connectivity index (χ1n) is 5.94. The van der Waals surface area contributed by atoms with Crippen molar-refractivity contribution in [2.24, 2.45) is 0 Å². The first kappa shape index (κ1) is 14.3. The maximum absolute atomic E-state index is 11.9. The summed E-state index contributed by atoms with van der Waals surface area (Å²) >= 11 is 5.99. The van der Waals surface area contributed by atoms with Crippen LogP contribution in [0.15, 0.2) is 29.2 Å². The molecule has 0 amide bonds. The van der Waals surface area contributed by atoms with Gasteiger partial charge in [0.25, 0.3) is 5.56 Å². The second-order valence-electron chi connectivity index (χ2n) is 5.17. The summed E-state index contributed by atoms with van der Waals surface area (Å²) in [7, 11) is 0. The molecule has 0 aromatic carbocycles. The zero-order valence-corrected chi connectivity index (χ0v) is 12.1. The summed E-state index contributed by atoms with van der Waals surface area (Å²) in [6.45, 7) is 5.31. The molecule has 0 atom stereocenters. The number of carbonyl (C=O) groups excluding carboxylic acids is 1. The van der Waals surface area contributed by atoms with E-state index in [2.05, 4.69) is 10.1 Å². The third-order valence-corrected chi connectivity index (χ3v) is 2.59. The van der Waals surface area contributed by atoms with Gasteiger partial charge in [0, 0.05) is 12.3 Å². The first-order valence-corrected chi connectivity index (χ1v) is 6.32. The van der Waals surface area contributed by atoms with Crippen molar-refractivity contribution in [1.29, 1.82) is 0 Å². The summed E-state index contributed by atoms with van der Waals surface area (Å²) < 4.78 is 6.64. The highest BCUT2D eigenvalue weighted by Gasteiger charge is 2.21. The summed E-state index contributed by atoms with van der Waals surface area (Å²) in [6, 6.07) is 4.44. The van der Waals surface area contributed by atoms with Crippen molar-refractivity contribution < 1.29 is 9.53 Å². The van der Waals surface area contributed by atoms with E-state index >= 15 is 0 Å². The topological polar surface area (TPSA) is 77.0 Å². The van der Waals surface area contributed by atoms with Crippen molar-refractivity contribution >= 4 is 17.6 Å². The second kappa shape index (κ2) is 5.13. The van der Waals surface area contributed by atoms with Gasteiger partial charge < -0.3 is 4.74 Å². The first-order chi connectivity index (χ1) is 9.26. The fourth-order valence-corrected chi connectivity index (χ4v) is 1.74. The maximum Gasteiger partial charge on any atom is 0.341 e. The van der Waals surface area contributed by atoms with E-state index in [-0.39, 0.29) is 16.3 Å². The normalized spacial score (nSPS) is 11.4. The Kier molecular flexibility index (Phi) is 3.67. The number of halogens is 1. The lowest BCUT2D eigenvalue weighted by molar-refractivity contribution is 0.00693. The quantitative estimate of drug-likeness (QED) is 0.680. The zero-order valence-electron chi connectivity index (χ0n) is 11.3. The Hall–Kier alpha value is -2.08. The molecular weight excluding hydrogens is 282 g/mol. The number of aromatic nitrogens is 3. The van der Waals surface area contributed by atoms with Crippen molar-refractivity contribution in [1.82, 2.24) is 14.8 Å². The molecule has 2 aromatic heterocycles. The Bertz CT molecular complexity index is 697. The van der Waals surface area contributed by atoms with Gasteiger partial charge in [0.15, 0.2) is 5.82 Å². The number of carbonyl (C=O) groups is 1. The number of hydrogen-bond acceptors (Lipinski definition) is 4. The van der Waals surface area contributed by atoms with Crippen LogP contribution in [0.2, 0.25) is 5.15 Å². The van der Waals surface area contributed by atoms with Gasteiger partial charge in [-0.2, -0.15) is 0 Å². The molecule has 0 unspecified atom stereocenters. The molecule has 106 valence electrons. The van der Waals surface area contributed by atoms with Crippen LogP contribution in [0.5, 0.6) is 0 Å². The molecule has 7 heteroatoms. The molecular formula is C13H14ClN3O3. The highest BCUT2D eigenvalue weighted by atomic mass is 35.5.